The predicted molar refractivity (Wildman–Crippen MR) is 66.9 cm³/mol. The molecular formula is C13H21N3O. The summed E-state index contributed by atoms with van der Waals surface area (Å²) in [5.41, 5.74) is 2.52. The van der Waals surface area contributed by atoms with Crippen molar-refractivity contribution in [2.75, 3.05) is 20.7 Å². The first-order valence-corrected chi connectivity index (χ1v) is 6.26. The third kappa shape index (κ3) is 2.82. The van der Waals surface area contributed by atoms with E-state index in [2.05, 4.69) is 15.3 Å². The fourth-order valence-electron chi connectivity index (χ4n) is 2.36. The van der Waals surface area contributed by atoms with Crippen molar-refractivity contribution in [1.29, 1.82) is 0 Å². The Morgan fingerprint density at radius 3 is 3.12 bits per heavy atom. The zero-order valence-corrected chi connectivity index (χ0v) is 10.9. The Balaban J connectivity index is 2.14. The summed E-state index contributed by atoms with van der Waals surface area (Å²) in [7, 11) is 3.70. The average Bonchev–Trinajstić information content (AvgIpc) is 2.37. The maximum absolute atomic E-state index is 5.25. The lowest BCUT2D eigenvalue weighted by Gasteiger charge is -2.24. The van der Waals surface area contributed by atoms with E-state index >= 15 is 0 Å². The zero-order chi connectivity index (χ0) is 12.3. The van der Waals surface area contributed by atoms with Gasteiger partial charge < -0.3 is 10.1 Å². The number of nitrogens with one attached hydrogen (secondary N) is 1. The Morgan fingerprint density at radius 1 is 1.59 bits per heavy atom. The van der Waals surface area contributed by atoms with Gasteiger partial charge in [-0.25, -0.2) is 9.97 Å². The molecular weight excluding hydrogens is 214 g/mol. The lowest BCUT2D eigenvalue weighted by molar-refractivity contribution is 0.111. The van der Waals surface area contributed by atoms with E-state index in [1.165, 1.54) is 17.7 Å². The highest BCUT2D eigenvalue weighted by Crippen LogP contribution is 2.24. The molecule has 94 valence electrons. The van der Waals surface area contributed by atoms with Crippen LogP contribution in [-0.2, 0) is 17.6 Å². The molecule has 2 atom stereocenters. The fraction of sp³-hybridized carbons (Fsp3) is 0.692. The molecule has 1 heterocycles. The number of fused-ring (bicyclic) bond motifs is 1. The quantitative estimate of drug-likeness (QED) is 0.859. The largest absolute Gasteiger partial charge is 0.374 e. The van der Waals surface area contributed by atoms with E-state index in [0.717, 1.165) is 31.1 Å². The van der Waals surface area contributed by atoms with Crippen LogP contribution in [0.4, 0.5) is 0 Å². The van der Waals surface area contributed by atoms with E-state index in [9.17, 15) is 0 Å². The summed E-state index contributed by atoms with van der Waals surface area (Å²) < 4.78 is 5.25. The summed E-state index contributed by atoms with van der Waals surface area (Å²) in [5.74, 6) is 1.53. The molecule has 0 aliphatic heterocycles. The highest BCUT2D eigenvalue weighted by atomic mass is 16.5. The monoisotopic (exact) mass is 235 g/mol. The molecule has 1 aliphatic rings. The van der Waals surface area contributed by atoms with Gasteiger partial charge in [0.2, 0.25) is 0 Å². The summed E-state index contributed by atoms with van der Waals surface area (Å²) in [6, 6.07) is 0. The molecule has 17 heavy (non-hydrogen) atoms. The topological polar surface area (TPSA) is 47.0 Å². The molecule has 2 unspecified atom stereocenters. The Bertz CT molecular complexity index is 381. The summed E-state index contributed by atoms with van der Waals surface area (Å²) in [6.07, 6.45) is 5.34. The standard InChI is InChI=1S/C13H21N3O/c1-9(17-3)13-15-8-11-6-10(7-14-2)4-5-12(11)16-13/h8-10,14H,4-7H2,1-3H3. The Kier molecular flexibility index (Phi) is 4.07. The third-order valence-electron chi connectivity index (χ3n) is 3.48. The molecule has 4 nitrogen and oxygen atoms in total. The van der Waals surface area contributed by atoms with E-state index in [4.69, 9.17) is 4.74 Å². The van der Waals surface area contributed by atoms with Gasteiger partial charge in [-0.15, -0.1) is 0 Å². The van der Waals surface area contributed by atoms with Crippen molar-refractivity contribution >= 4 is 0 Å². The Hall–Kier alpha value is -1.00. The molecule has 4 heteroatoms. The summed E-state index contributed by atoms with van der Waals surface area (Å²) in [5, 5.41) is 3.25. The van der Waals surface area contributed by atoms with Gasteiger partial charge >= 0.3 is 0 Å². The van der Waals surface area contributed by atoms with E-state index in [-0.39, 0.29) is 6.10 Å². The van der Waals surface area contributed by atoms with E-state index in [0.29, 0.717) is 0 Å². The summed E-state index contributed by atoms with van der Waals surface area (Å²) >= 11 is 0. The van der Waals surface area contributed by atoms with Gasteiger partial charge in [-0.1, -0.05) is 0 Å². The number of aromatic nitrogens is 2. The number of hydrogen-bond donors (Lipinski definition) is 1. The van der Waals surface area contributed by atoms with Crippen LogP contribution in [0.15, 0.2) is 6.20 Å². The molecule has 0 bridgehead atoms. The smallest absolute Gasteiger partial charge is 0.157 e. The van der Waals surface area contributed by atoms with Gasteiger partial charge in [0.25, 0.3) is 0 Å². The minimum atomic E-state index is -0.0182. The molecule has 1 aliphatic carbocycles. The van der Waals surface area contributed by atoms with Gasteiger partial charge in [0, 0.05) is 19.0 Å². The molecule has 2 rings (SSSR count). The maximum atomic E-state index is 5.25. The Labute approximate surface area is 103 Å². The van der Waals surface area contributed by atoms with E-state index < -0.39 is 0 Å². The van der Waals surface area contributed by atoms with Gasteiger partial charge in [0.05, 0.1) is 0 Å². The molecule has 0 saturated heterocycles. The first kappa shape index (κ1) is 12.5. The van der Waals surface area contributed by atoms with Gasteiger partial charge in [0.1, 0.15) is 6.10 Å². The number of nitrogens with zero attached hydrogens (tertiary/aromatic N) is 2. The van der Waals surface area contributed by atoms with Crippen LogP contribution in [0.5, 0.6) is 0 Å². The van der Waals surface area contributed by atoms with Gasteiger partial charge in [-0.05, 0) is 51.3 Å². The highest BCUT2D eigenvalue weighted by molar-refractivity contribution is 5.22. The van der Waals surface area contributed by atoms with E-state index in [1.807, 2.05) is 20.2 Å². The minimum absolute atomic E-state index is 0.0182. The highest BCUT2D eigenvalue weighted by Gasteiger charge is 2.20. The van der Waals surface area contributed by atoms with Crippen LogP contribution in [0, 0.1) is 5.92 Å². The van der Waals surface area contributed by atoms with Gasteiger partial charge in [0.15, 0.2) is 5.82 Å². The summed E-state index contributed by atoms with van der Waals surface area (Å²) in [4.78, 5) is 9.02. The first-order valence-electron chi connectivity index (χ1n) is 6.26. The normalized spacial score (nSPS) is 21.0. The molecule has 0 radical (unpaired) electrons. The molecule has 0 aromatic carbocycles. The van der Waals surface area contributed by atoms with Crippen molar-refractivity contribution in [3.63, 3.8) is 0 Å². The third-order valence-corrected chi connectivity index (χ3v) is 3.48. The van der Waals surface area contributed by atoms with Crippen LogP contribution in [0.25, 0.3) is 0 Å². The zero-order valence-electron chi connectivity index (χ0n) is 10.9. The number of ether oxygens (including phenoxy) is 1. The van der Waals surface area contributed by atoms with Gasteiger partial charge in [-0.2, -0.15) is 0 Å². The van der Waals surface area contributed by atoms with Crippen molar-refractivity contribution in [2.45, 2.75) is 32.3 Å². The molecule has 0 spiro atoms. The minimum Gasteiger partial charge on any atom is -0.374 e. The summed E-state index contributed by atoms with van der Waals surface area (Å²) in [6.45, 7) is 3.06. The number of methoxy groups -OCH3 is 1. The second-order valence-electron chi connectivity index (χ2n) is 4.74. The lowest BCUT2D eigenvalue weighted by atomic mass is 9.87. The fourth-order valence-corrected chi connectivity index (χ4v) is 2.36. The first-order chi connectivity index (χ1) is 8.24. The molecule has 1 aromatic heterocycles. The number of hydrogen-bond acceptors (Lipinski definition) is 4. The van der Waals surface area contributed by atoms with Gasteiger partial charge in [-0.3, -0.25) is 0 Å². The van der Waals surface area contributed by atoms with Crippen molar-refractivity contribution in [3.05, 3.63) is 23.3 Å². The maximum Gasteiger partial charge on any atom is 0.157 e. The molecule has 0 fully saturated rings. The molecule has 1 aromatic rings. The second-order valence-corrected chi connectivity index (χ2v) is 4.74. The number of rotatable bonds is 4. The van der Waals surface area contributed by atoms with Crippen molar-refractivity contribution in [1.82, 2.24) is 15.3 Å². The SMILES string of the molecule is CNCC1CCc2nc(C(C)OC)ncc2C1. The van der Waals surface area contributed by atoms with Crippen molar-refractivity contribution in [3.8, 4) is 0 Å². The molecule has 1 N–H and O–H groups in total. The average molecular weight is 235 g/mol. The van der Waals surface area contributed by atoms with Crippen molar-refractivity contribution in [2.24, 2.45) is 5.92 Å². The van der Waals surface area contributed by atoms with Crippen LogP contribution < -0.4 is 5.32 Å². The number of aryl methyl sites for hydroxylation is 1. The van der Waals surface area contributed by atoms with Crippen LogP contribution in [-0.4, -0.2) is 30.7 Å². The van der Waals surface area contributed by atoms with Crippen LogP contribution in [0.1, 0.15) is 36.5 Å². The molecule has 0 amide bonds. The second kappa shape index (κ2) is 5.56. The van der Waals surface area contributed by atoms with Crippen molar-refractivity contribution < 1.29 is 4.74 Å². The predicted octanol–water partition coefficient (Wildman–Crippen LogP) is 1.51. The molecule has 0 saturated carbocycles. The van der Waals surface area contributed by atoms with Crippen LogP contribution in [0.3, 0.4) is 0 Å². The van der Waals surface area contributed by atoms with Crippen LogP contribution in [0.2, 0.25) is 0 Å². The van der Waals surface area contributed by atoms with Crippen LogP contribution >= 0.6 is 0 Å². The Morgan fingerprint density at radius 2 is 2.41 bits per heavy atom. The lowest BCUT2D eigenvalue weighted by Crippen LogP contribution is -2.26. The van der Waals surface area contributed by atoms with E-state index in [1.54, 1.807) is 7.11 Å².